The van der Waals surface area contributed by atoms with Crippen LogP contribution in [0.4, 0.5) is 5.69 Å². The second kappa shape index (κ2) is 5.06. The van der Waals surface area contributed by atoms with E-state index in [0.717, 1.165) is 12.8 Å². The summed E-state index contributed by atoms with van der Waals surface area (Å²) < 4.78 is 0. The van der Waals surface area contributed by atoms with Gasteiger partial charge in [-0.15, -0.1) is 0 Å². The fourth-order valence-electron chi connectivity index (χ4n) is 5.19. The second-order valence-electron chi connectivity index (χ2n) is 7.25. The fraction of sp³-hybridized carbons (Fsp3) is 0.400. The van der Waals surface area contributed by atoms with E-state index in [0.29, 0.717) is 10.7 Å². The van der Waals surface area contributed by atoms with E-state index < -0.39 is 0 Å². The molecule has 122 valence electrons. The average molecular weight is 340 g/mol. The number of nitrogens with zero attached hydrogens (tertiary/aromatic N) is 1. The van der Waals surface area contributed by atoms with Gasteiger partial charge in [-0.2, -0.15) is 0 Å². The topological polar surface area (TPSA) is 37.4 Å². The first-order valence-corrected chi connectivity index (χ1v) is 9.08. The van der Waals surface area contributed by atoms with Gasteiger partial charge in [-0.3, -0.25) is 9.59 Å². The van der Waals surface area contributed by atoms with Gasteiger partial charge in [0.15, 0.2) is 0 Å². The van der Waals surface area contributed by atoms with E-state index in [-0.39, 0.29) is 35.5 Å². The molecule has 0 radical (unpaired) electrons. The Morgan fingerprint density at radius 1 is 0.958 bits per heavy atom. The largest absolute Gasteiger partial charge is 0.274 e. The Morgan fingerprint density at radius 2 is 1.58 bits per heavy atom. The summed E-state index contributed by atoms with van der Waals surface area (Å²) in [6.07, 6.45) is 9.10. The van der Waals surface area contributed by atoms with Crippen LogP contribution < -0.4 is 4.90 Å². The van der Waals surface area contributed by atoms with Crippen LogP contribution in [0.3, 0.4) is 0 Å². The minimum atomic E-state index is -0.213. The van der Waals surface area contributed by atoms with Crippen molar-refractivity contribution in [1.29, 1.82) is 0 Å². The predicted octanol–water partition coefficient (Wildman–Crippen LogP) is 4.13. The third-order valence-electron chi connectivity index (χ3n) is 6.10. The van der Waals surface area contributed by atoms with Crippen molar-refractivity contribution in [2.24, 2.45) is 23.7 Å². The molecule has 1 aromatic carbocycles. The maximum absolute atomic E-state index is 13.1. The molecular formula is C20H18ClNO2. The molecule has 2 saturated carbocycles. The van der Waals surface area contributed by atoms with Crippen molar-refractivity contribution in [3.63, 3.8) is 0 Å². The Labute approximate surface area is 146 Å². The van der Waals surface area contributed by atoms with E-state index in [1.807, 2.05) is 0 Å². The van der Waals surface area contributed by atoms with Crippen LogP contribution in [0.2, 0.25) is 5.02 Å². The molecule has 5 rings (SSSR count). The zero-order valence-electron chi connectivity index (χ0n) is 13.2. The normalized spacial score (nSPS) is 34.0. The molecule has 4 aliphatic rings. The van der Waals surface area contributed by atoms with Crippen molar-refractivity contribution >= 4 is 29.1 Å². The number of halogens is 1. The van der Waals surface area contributed by atoms with E-state index in [4.69, 9.17) is 11.6 Å². The number of imide groups is 1. The first kappa shape index (κ1) is 14.5. The highest BCUT2D eigenvalue weighted by Gasteiger charge is 2.62. The van der Waals surface area contributed by atoms with Gasteiger partial charge in [0.05, 0.1) is 17.5 Å². The number of amides is 2. The summed E-state index contributed by atoms with van der Waals surface area (Å²) in [5, 5.41) is 0.542. The molecule has 1 saturated heterocycles. The summed E-state index contributed by atoms with van der Waals surface area (Å²) in [6.45, 7) is 0. The molecule has 0 N–H and O–H groups in total. The fourth-order valence-corrected chi connectivity index (χ4v) is 5.38. The summed E-state index contributed by atoms with van der Waals surface area (Å²) in [4.78, 5) is 27.5. The smallest absolute Gasteiger partial charge is 0.238 e. The molecule has 2 bridgehead atoms. The third-order valence-corrected chi connectivity index (χ3v) is 6.33. The number of carbonyl (C=O) groups is 2. The summed E-state index contributed by atoms with van der Waals surface area (Å²) >= 11 is 6.05. The van der Waals surface area contributed by atoms with Gasteiger partial charge < -0.3 is 0 Å². The first-order valence-electron chi connectivity index (χ1n) is 8.70. The molecule has 3 nitrogen and oxygen atoms in total. The molecule has 1 aliphatic heterocycles. The molecule has 3 fully saturated rings. The Morgan fingerprint density at radius 3 is 2.17 bits per heavy atom. The lowest BCUT2D eigenvalue weighted by molar-refractivity contribution is -0.122. The van der Waals surface area contributed by atoms with Gasteiger partial charge >= 0.3 is 0 Å². The number of allylic oxidation sites excluding steroid dienone is 4. The standard InChI is InChI=1S/C20H18ClNO2/c21-12-6-3-7-13(10-12)22-19(23)17-14-8-9-15(18(17)20(22)24)16(14)11-4-1-2-5-11/h3,6-10,14-15,17-18H,1-2,4-5H2/t14-,15-,17-,18+/m1/s1. The van der Waals surface area contributed by atoms with E-state index >= 15 is 0 Å². The highest BCUT2D eigenvalue weighted by Crippen LogP contribution is 2.58. The maximum atomic E-state index is 13.1. The van der Waals surface area contributed by atoms with Crippen LogP contribution in [0.1, 0.15) is 25.7 Å². The summed E-state index contributed by atoms with van der Waals surface area (Å²) in [6, 6.07) is 7.02. The number of carbonyl (C=O) groups excluding carboxylic acids is 2. The first-order chi connectivity index (χ1) is 11.7. The molecule has 3 aliphatic carbocycles. The molecule has 1 aromatic rings. The molecule has 0 aromatic heterocycles. The number of hydrogen-bond donors (Lipinski definition) is 0. The zero-order valence-corrected chi connectivity index (χ0v) is 14.0. The van der Waals surface area contributed by atoms with Gasteiger partial charge in [-0.1, -0.05) is 41.0 Å². The monoisotopic (exact) mass is 339 g/mol. The van der Waals surface area contributed by atoms with Crippen molar-refractivity contribution in [3.05, 3.63) is 52.6 Å². The number of benzene rings is 1. The molecule has 2 amide bonds. The Hall–Kier alpha value is -1.87. The molecule has 1 heterocycles. The lowest BCUT2D eigenvalue weighted by Crippen LogP contribution is -2.33. The van der Waals surface area contributed by atoms with Crippen molar-refractivity contribution in [1.82, 2.24) is 0 Å². The van der Waals surface area contributed by atoms with Crippen LogP contribution in [-0.2, 0) is 9.59 Å². The van der Waals surface area contributed by atoms with Crippen molar-refractivity contribution in [2.75, 3.05) is 4.90 Å². The van der Waals surface area contributed by atoms with E-state index in [1.165, 1.54) is 28.9 Å². The molecule has 4 heteroatoms. The molecule has 4 atom stereocenters. The molecule has 0 unspecified atom stereocenters. The summed E-state index contributed by atoms with van der Waals surface area (Å²) in [5.41, 5.74) is 3.51. The predicted molar refractivity (Wildman–Crippen MR) is 92.5 cm³/mol. The SMILES string of the molecule is O=C1[C@@H]2[C@H](C(=O)N1c1cccc(Cl)c1)[C@@H]1C=C[C@@H]2C1=C1CCCC1. The van der Waals surface area contributed by atoms with Crippen molar-refractivity contribution in [3.8, 4) is 0 Å². The van der Waals surface area contributed by atoms with Gasteiger partial charge in [0.1, 0.15) is 0 Å². The van der Waals surface area contributed by atoms with Crippen molar-refractivity contribution in [2.45, 2.75) is 25.7 Å². The van der Waals surface area contributed by atoms with Gasteiger partial charge in [0.2, 0.25) is 11.8 Å². The number of anilines is 1. The van der Waals surface area contributed by atoms with E-state index in [2.05, 4.69) is 12.2 Å². The average Bonchev–Trinajstić information content (AvgIpc) is 3.30. The lowest BCUT2D eigenvalue weighted by Gasteiger charge is -2.20. The van der Waals surface area contributed by atoms with Crippen molar-refractivity contribution < 1.29 is 9.59 Å². The minimum Gasteiger partial charge on any atom is -0.274 e. The Bertz CT molecular complexity index is 783. The highest BCUT2D eigenvalue weighted by molar-refractivity contribution is 6.31. The van der Waals surface area contributed by atoms with Crippen LogP contribution in [0.25, 0.3) is 0 Å². The molecule has 24 heavy (non-hydrogen) atoms. The third kappa shape index (κ3) is 1.79. The van der Waals surface area contributed by atoms with Gasteiger partial charge in [0.25, 0.3) is 0 Å². The lowest BCUT2D eigenvalue weighted by atomic mass is 9.85. The van der Waals surface area contributed by atoms with E-state index in [9.17, 15) is 9.59 Å². The van der Waals surface area contributed by atoms with Crippen LogP contribution in [0, 0.1) is 23.7 Å². The van der Waals surface area contributed by atoms with Crippen LogP contribution in [-0.4, -0.2) is 11.8 Å². The molecule has 0 spiro atoms. The van der Waals surface area contributed by atoms with Gasteiger partial charge in [0, 0.05) is 16.9 Å². The van der Waals surface area contributed by atoms with E-state index in [1.54, 1.807) is 24.3 Å². The number of hydrogen-bond acceptors (Lipinski definition) is 2. The van der Waals surface area contributed by atoms with Crippen LogP contribution >= 0.6 is 11.6 Å². The quantitative estimate of drug-likeness (QED) is 0.570. The number of rotatable bonds is 1. The second-order valence-corrected chi connectivity index (χ2v) is 7.68. The van der Waals surface area contributed by atoms with Gasteiger partial charge in [-0.05, 0) is 43.9 Å². The number of fused-ring (bicyclic) bond motifs is 5. The highest BCUT2D eigenvalue weighted by atomic mass is 35.5. The van der Waals surface area contributed by atoms with Crippen LogP contribution in [0.5, 0.6) is 0 Å². The zero-order chi connectivity index (χ0) is 16.4. The summed E-state index contributed by atoms with van der Waals surface area (Å²) in [5.74, 6) is -0.271. The van der Waals surface area contributed by atoms with Gasteiger partial charge in [-0.25, -0.2) is 4.90 Å². The summed E-state index contributed by atoms with van der Waals surface area (Å²) in [7, 11) is 0. The maximum Gasteiger partial charge on any atom is 0.238 e. The Kier molecular flexibility index (Phi) is 3.05. The Balaban J connectivity index is 1.56. The molecular weight excluding hydrogens is 322 g/mol. The van der Waals surface area contributed by atoms with Crippen LogP contribution in [0.15, 0.2) is 47.6 Å². The minimum absolute atomic E-state index is 0.0554.